The molecule has 0 bridgehead atoms. The van der Waals surface area contributed by atoms with Crippen LogP contribution in [0.2, 0.25) is 0 Å². The molecule has 1 aromatic rings. The minimum Gasteiger partial charge on any atom is -0.123 e. The van der Waals surface area contributed by atoms with Crippen molar-refractivity contribution in [3.8, 4) is 0 Å². The average Bonchev–Trinajstić information content (AvgIpc) is 0.760. The van der Waals surface area contributed by atoms with Crippen molar-refractivity contribution in [3.05, 3.63) is 0 Å². The van der Waals surface area contributed by atoms with Gasteiger partial charge in [0, 0.05) is 63.9 Å². The molecule has 0 aromatic heterocycles. The van der Waals surface area contributed by atoms with E-state index in [0.29, 0.717) is 0 Å². The third-order valence-electron chi connectivity index (χ3n) is 33.6. The zero-order chi connectivity index (χ0) is 88.5. The molecule has 0 nitrogen and oxygen atoms in total. The molecule has 0 heterocycles. The molecule has 6 aliphatic carbocycles. The Bertz CT molecular complexity index is 2050. The highest BCUT2D eigenvalue weighted by Gasteiger charge is 2.35. The van der Waals surface area contributed by atoms with E-state index in [-0.39, 0.29) is 0 Å². The van der Waals surface area contributed by atoms with Gasteiger partial charge in [0.05, 0.1) is 0 Å². The van der Waals surface area contributed by atoms with Crippen LogP contribution in [-0.2, 0) is 0 Å². The van der Waals surface area contributed by atoms with E-state index in [4.69, 9.17) is 0 Å². The summed E-state index contributed by atoms with van der Waals surface area (Å²) in [7, 11) is 0. The highest BCUT2D eigenvalue weighted by molar-refractivity contribution is 8.06. The van der Waals surface area contributed by atoms with Gasteiger partial charge in [-0.3, -0.25) is 0 Å². The fourth-order valence-electron chi connectivity index (χ4n) is 24.3. The van der Waals surface area contributed by atoms with Gasteiger partial charge in [0.25, 0.3) is 0 Å². The van der Waals surface area contributed by atoms with Crippen molar-refractivity contribution in [2.45, 2.75) is 649 Å². The lowest BCUT2D eigenvalue weighted by atomic mass is 9.80. The smallest absolute Gasteiger partial charge is 0.0368 e. The second kappa shape index (κ2) is 80.2. The number of thioether (sulfide) groups is 6. The molecule has 0 amide bonds. The van der Waals surface area contributed by atoms with E-state index in [0.717, 1.165) is 71.0 Å². The van der Waals surface area contributed by atoms with E-state index >= 15 is 0 Å². The fraction of sp³-hybridized carbons (Fsp3) is 0.950. The van der Waals surface area contributed by atoms with E-state index in [2.05, 4.69) is 112 Å². The van der Waals surface area contributed by atoms with Crippen LogP contribution >= 0.6 is 70.6 Å². The van der Waals surface area contributed by atoms with E-state index in [1.807, 2.05) is 29.4 Å². The van der Waals surface area contributed by atoms with Crippen molar-refractivity contribution in [3.63, 3.8) is 0 Å². The Hall–Kier alpha value is 1.32. The van der Waals surface area contributed by atoms with Crippen molar-refractivity contribution >= 4 is 70.6 Å². The van der Waals surface area contributed by atoms with Crippen LogP contribution in [0.4, 0.5) is 0 Å². The van der Waals surface area contributed by atoms with Gasteiger partial charge in [0.2, 0.25) is 0 Å². The first kappa shape index (κ1) is 114. The van der Waals surface area contributed by atoms with Gasteiger partial charge >= 0.3 is 0 Å². The summed E-state index contributed by atoms with van der Waals surface area (Å²) in [4.78, 5) is 11.2. The summed E-state index contributed by atoms with van der Waals surface area (Å²) in [5.74, 6) is 19.4. The summed E-state index contributed by atoms with van der Waals surface area (Å²) in [5.41, 5.74) is 0. The van der Waals surface area contributed by atoms with E-state index in [1.54, 1.807) is 0 Å². The standard InChI is InChI=1S/C120H222S6/c1-7-13-19-25-31-37-43-49-55-61-67-103-73-85-109(86-74-103)97-121-115-116(122-98-110-87-75-104(76-88-110)68-62-56-50-44-38-32-26-20-14-8-2)118(124-100-112-91-79-106(80-92-112)70-64-58-52-46-40-34-28-22-16-10-4)120(126-102-114-95-83-108(84-96-114)72-66-60-54-48-42-36-30-24-18-12-6)119(125-101-113-93-81-107(82-94-113)71-65-59-53-47-41-35-29-23-17-11-5)117(115)123-99-111-89-77-105(78-90-111)69-63-57-51-45-39-33-27-21-15-9-3/h103-114H,7-102H2,1-6H3. The second-order valence-electron chi connectivity index (χ2n) is 45.0. The summed E-state index contributed by atoms with van der Waals surface area (Å²) in [6.45, 7) is 14.2. The molecule has 0 unspecified atom stereocenters. The zero-order valence-electron chi connectivity index (χ0n) is 86.3. The van der Waals surface area contributed by atoms with Crippen molar-refractivity contribution in [2.24, 2.45) is 71.0 Å². The summed E-state index contributed by atoms with van der Waals surface area (Å²) >= 11 is 15.1. The van der Waals surface area contributed by atoms with Crippen molar-refractivity contribution in [1.82, 2.24) is 0 Å². The Labute approximate surface area is 818 Å². The lowest BCUT2D eigenvalue weighted by Crippen LogP contribution is -2.18. The predicted molar refractivity (Wildman–Crippen MR) is 582 cm³/mol. The van der Waals surface area contributed by atoms with Crippen LogP contribution in [0.1, 0.15) is 619 Å². The normalized spacial score (nSPS) is 23.3. The van der Waals surface area contributed by atoms with E-state index in [9.17, 15) is 0 Å². The zero-order valence-corrected chi connectivity index (χ0v) is 91.2. The quantitative estimate of drug-likeness (QED) is 0.0468. The number of hydrogen-bond acceptors (Lipinski definition) is 6. The SMILES string of the molecule is CCCCCCCCCCCCC1CCC(CSc2c(SCC3CCC(CCCCCCCCCCCC)CC3)c(SCC3CCC(CCCCCCCCCCCC)CC3)c(SCC3CCC(CCCCCCCCCCCC)CC3)c(SCC3CCC(CCCCCCCCCCCC)CC3)c2SCC2CCC(CCCCCCCCCCCC)CC2)CC1. The van der Waals surface area contributed by atoms with Crippen LogP contribution in [0.25, 0.3) is 0 Å². The van der Waals surface area contributed by atoms with Crippen LogP contribution in [0.5, 0.6) is 0 Å². The fourth-order valence-corrected chi connectivity index (χ4v) is 34.0. The first-order chi connectivity index (χ1) is 62.4. The van der Waals surface area contributed by atoms with Gasteiger partial charge in [0.1, 0.15) is 0 Å². The molecule has 6 fully saturated rings. The maximum absolute atomic E-state index is 2.51. The average molecular weight is 1860 g/mol. The third kappa shape index (κ3) is 55.2. The Balaban J connectivity index is 1.18. The first-order valence-electron chi connectivity index (χ1n) is 59.4. The van der Waals surface area contributed by atoms with Gasteiger partial charge in [-0.05, 0) is 148 Å². The molecule has 738 valence electrons. The Kier molecular flexibility index (Phi) is 72.7. The molecule has 0 atom stereocenters. The molecule has 6 saturated carbocycles. The number of rotatable bonds is 84. The molecular weight excluding hydrogens is 1630 g/mol. The maximum atomic E-state index is 2.51. The highest BCUT2D eigenvalue weighted by atomic mass is 32.2. The number of benzene rings is 1. The molecular formula is C120H222S6. The van der Waals surface area contributed by atoms with Gasteiger partial charge in [-0.2, -0.15) is 0 Å². The minimum atomic E-state index is 0.874. The Morgan fingerprint density at radius 1 is 0.119 bits per heavy atom. The minimum absolute atomic E-state index is 0.874. The largest absolute Gasteiger partial charge is 0.123 e. The second-order valence-corrected chi connectivity index (χ2v) is 51.2. The topological polar surface area (TPSA) is 0 Å². The van der Waals surface area contributed by atoms with Gasteiger partial charge < -0.3 is 0 Å². The van der Waals surface area contributed by atoms with E-state index < -0.39 is 0 Å². The van der Waals surface area contributed by atoms with Crippen LogP contribution in [0.15, 0.2) is 29.4 Å². The lowest BCUT2D eigenvalue weighted by molar-refractivity contribution is 0.274. The monoisotopic (exact) mass is 1860 g/mol. The van der Waals surface area contributed by atoms with Crippen LogP contribution in [0, 0.1) is 71.0 Å². The molecule has 0 saturated heterocycles. The van der Waals surface area contributed by atoms with Crippen molar-refractivity contribution in [1.29, 1.82) is 0 Å². The summed E-state index contributed by atoms with van der Waals surface area (Å²) in [6.07, 6.45) is 133. The van der Waals surface area contributed by atoms with Gasteiger partial charge in [0.15, 0.2) is 0 Å². The van der Waals surface area contributed by atoms with Crippen molar-refractivity contribution in [2.75, 3.05) is 34.5 Å². The molecule has 1 aromatic carbocycles. The summed E-state index contributed by atoms with van der Waals surface area (Å²) < 4.78 is 0. The van der Waals surface area contributed by atoms with Crippen LogP contribution < -0.4 is 0 Å². The predicted octanol–water partition coefficient (Wildman–Crippen LogP) is 44.9. The lowest BCUT2D eigenvalue weighted by Gasteiger charge is -2.33. The van der Waals surface area contributed by atoms with Crippen LogP contribution in [0.3, 0.4) is 0 Å². The van der Waals surface area contributed by atoms with Gasteiger partial charge in [-0.1, -0.05) is 542 Å². The highest BCUT2D eigenvalue weighted by Crippen LogP contribution is 2.58. The van der Waals surface area contributed by atoms with Crippen LogP contribution in [-0.4, -0.2) is 34.5 Å². The van der Waals surface area contributed by atoms with Crippen molar-refractivity contribution < 1.29 is 0 Å². The third-order valence-corrected chi connectivity index (χ3v) is 42.4. The molecule has 6 aliphatic rings. The van der Waals surface area contributed by atoms with Gasteiger partial charge in [-0.15, -0.1) is 70.6 Å². The molecule has 126 heavy (non-hydrogen) atoms. The first-order valence-corrected chi connectivity index (χ1v) is 65.3. The molecule has 0 spiro atoms. The number of hydrogen-bond donors (Lipinski definition) is 0. The summed E-state index contributed by atoms with van der Waals surface area (Å²) in [5, 5.41) is 0. The molecule has 0 radical (unpaired) electrons. The molecule has 0 N–H and O–H groups in total. The number of unbranched alkanes of at least 4 members (excludes halogenated alkanes) is 54. The van der Waals surface area contributed by atoms with Gasteiger partial charge in [-0.25, -0.2) is 0 Å². The Morgan fingerprint density at radius 3 is 0.310 bits per heavy atom. The molecule has 6 heteroatoms. The summed E-state index contributed by atoms with van der Waals surface area (Å²) in [6, 6.07) is 0. The van der Waals surface area contributed by atoms with E-state index in [1.165, 1.54) is 612 Å². The maximum Gasteiger partial charge on any atom is 0.0368 e. The Morgan fingerprint density at radius 2 is 0.206 bits per heavy atom. The molecule has 0 aliphatic heterocycles. The molecule has 7 rings (SSSR count).